The lowest BCUT2D eigenvalue weighted by molar-refractivity contribution is 0.112. The number of rotatable bonds is 1. The molecular formula is C8H7NO2S. The van der Waals surface area contributed by atoms with Gasteiger partial charge in [0.05, 0.1) is 16.0 Å². The molecule has 0 aliphatic carbocycles. The maximum atomic E-state index is 10.6. The van der Waals surface area contributed by atoms with Gasteiger partial charge in [0.25, 0.3) is 0 Å². The van der Waals surface area contributed by atoms with Gasteiger partial charge in [-0.2, -0.15) is 0 Å². The van der Waals surface area contributed by atoms with Gasteiger partial charge in [-0.15, -0.1) is 11.3 Å². The first-order valence-electron chi connectivity index (χ1n) is 3.54. The van der Waals surface area contributed by atoms with Gasteiger partial charge < -0.3 is 4.52 Å². The molecule has 0 N–H and O–H groups in total. The van der Waals surface area contributed by atoms with Crippen molar-refractivity contribution in [2.75, 3.05) is 0 Å². The van der Waals surface area contributed by atoms with Gasteiger partial charge in [-0.1, -0.05) is 5.16 Å². The molecule has 0 unspecified atom stereocenters. The normalized spacial score (nSPS) is 10.8. The predicted octanol–water partition coefficient (Wildman–Crippen LogP) is 2.32. The Hall–Kier alpha value is -1.16. The number of hydrogen-bond acceptors (Lipinski definition) is 4. The van der Waals surface area contributed by atoms with Crippen molar-refractivity contribution in [3.8, 4) is 0 Å². The molecule has 0 aromatic carbocycles. The van der Waals surface area contributed by atoms with E-state index in [1.165, 1.54) is 0 Å². The lowest BCUT2D eigenvalue weighted by Crippen LogP contribution is -1.76. The van der Waals surface area contributed by atoms with Gasteiger partial charge in [-0.3, -0.25) is 4.79 Å². The molecule has 4 heteroatoms. The van der Waals surface area contributed by atoms with E-state index in [1.807, 2.05) is 13.8 Å². The van der Waals surface area contributed by atoms with E-state index in [9.17, 15) is 4.79 Å². The fourth-order valence-electron chi connectivity index (χ4n) is 1.16. The fraction of sp³-hybridized carbons (Fsp3) is 0.250. The van der Waals surface area contributed by atoms with Crippen LogP contribution in [0.1, 0.15) is 20.9 Å². The number of thiophene rings is 1. The average molecular weight is 181 g/mol. The summed E-state index contributed by atoms with van der Waals surface area (Å²) in [4.78, 5) is 11.6. The molecule has 0 amide bonds. The van der Waals surface area contributed by atoms with Crippen LogP contribution in [0.15, 0.2) is 4.52 Å². The maximum absolute atomic E-state index is 10.6. The molecule has 2 rings (SSSR count). The number of aromatic nitrogens is 1. The summed E-state index contributed by atoms with van der Waals surface area (Å²) in [6.45, 7) is 3.78. The monoisotopic (exact) mass is 181 g/mol. The van der Waals surface area contributed by atoms with Crippen LogP contribution in [0.2, 0.25) is 0 Å². The minimum absolute atomic E-state index is 0.630. The van der Waals surface area contributed by atoms with E-state index in [1.54, 1.807) is 11.3 Å². The first-order chi connectivity index (χ1) is 5.74. The average Bonchev–Trinajstić information content (AvgIpc) is 2.52. The number of carbonyl (C=O) groups is 1. The highest BCUT2D eigenvalue weighted by atomic mass is 32.1. The highest BCUT2D eigenvalue weighted by Gasteiger charge is 2.14. The van der Waals surface area contributed by atoms with Crippen LogP contribution in [0, 0.1) is 13.8 Å². The number of hydrogen-bond donors (Lipinski definition) is 0. The second-order valence-corrected chi connectivity index (χ2v) is 3.84. The van der Waals surface area contributed by atoms with Crippen molar-refractivity contribution in [1.82, 2.24) is 5.16 Å². The Balaban J connectivity index is 2.90. The molecule has 2 aromatic rings. The first-order valence-corrected chi connectivity index (χ1v) is 4.36. The molecule has 0 saturated heterocycles. The van der Waals surface area contributed by atoms with Crippen molar-refractivity contribution in [3.05, 3.63) is 16.1 Å². The molecule has 2 heterocycles. The maximum Gasteiger partial charge on any atom is 0.188 e. The van der Waals surface area contributed by atoms with E-state index in [-0.39, 0.29) is 0 Å². The molecule has 0 radical (unpaired) electrons. The lowest BCUT2D eigenvalue weighted by Gasteiger charge is -1.82. The molecule has 0 spiro atoms. The Morgan fingerprint density at radius 1 is 1.50 bits per heavy atom. The molecule has 0 fully saturated rings. The Morgan fingerprint density at radius 2 is 2.25 bits per heavy atom. The molecule has 0 atom stereocenters. The minimum Gasteiger partial charge on any atom is -0.354 e. The van der Waals surface area contributed by atoms with Gasteiger partial charge in [0.2, 0.25) is 0 Å². The third-order valence-corrected chi connectivity index (χ3v) is 3.02. The van der Waals surface area contributed by atoms with Crippen molar-refractivity contribution in [3.63, 3.8) is 0 Å². The smallest absolute Gasteiger partial charge is 0.188 e. The van der Waals surface area contributed by atoms with Crippen LogP contribution >= 0.6 is 11.3 Å². The summed E-state index contributed by atoms with van der Waals surface area (Å²) < 4.78 is 6.00. The largest absolute Gasteiger partial charge is 0.354 e. The lowest BCUT2D eigenvalue weighted by atomic mass is 10.2. The first kappa shape index (κ1) is 7.49. The molecule has 62 valence electrons. The zero-order chi connectivity index (χ0) is 8.72. The summed E-state index contributed by atoms with van der Waals surface area (Å²) in [6.07, 6.45) is 0.818. The van der Waals surface area contributed by atoms with E-state index in [0.29, 0.717) is 11.1 Å². The van der Waals surface area contributed by atoms with E-state index in [0.717, 1.165) is 21.6 Å². The molecule has 0 aliphatic heterocycles. The SMILES string of the molecule is Cc1sc2c(C)noc2c1C=O. The van der Waals surface area contributed by atoms with Gasteiger partial charge in [-0.25, -0.2) is 0 Å². The van der Waals surface area contributed by atoms with Crippen LogP contribution in [-0.2, 0) is 0 Å². The van der Waals surface area contributed by atoms with E-state index in [4.69, 9.17) is 4.52 Å². The molecule has 2 aromatic heterocycles. The summed E-state index contributed by atoms with van der Waals surface area (Å²) >= 11 is 1.55. The summed E-state index contributed by atoms with van der Waals surface area (Å²) in [5.41, 5.74) is 2.12. The summed E-state index contributed by atoms with van der Waals surface area (Å²) in [5.74, 6) is 0. The van der Waals surface area contributed by atoms with E-state index >= 15 is 0 Å². The fourth-order valence-corrected chi connectivity index (χ4v) is 2.14. The topological polar surface area (TPSA) is 43.1 Å². The van der Waals surface area contributed by atoms with Crippen LogP contribution in [0.5, 0.6) is 0 Å². The Bertz CT molecular complexity index is 441. The van der Waals surface area contributed by atoms with Crippen LogP contribution in [0.4, 0.5) is 0 Å². The summed E-state index contributed by atoms with van der Waals surface area (Å²) in [5, 5.41) is 3.78. The highest BCUT2D eigenvalue weighted by Crippen LogP contribution is 2.31. The Labute approximate surface area is 73.0 Å². The highest BCUT2D eigenvalue weighted by molar-refractivity contribution is 7.19. The summed E-state index contributed by atoms with van der Waals surface area (Å²) in [7, 11) is 0. The standard InChI is InChI=1S/C8H7NO2S/c1-4-8-7(11-9-4)6(3-10)5(2)12-8/h3H,1-2H3. The quantitative estimate of drug-likeness (QED) is 0.634. The van der Waals surface area contributed by atoms with Crippen molar-refractivity contribution in [2.24, 2.45) is 0 Å². The second-order valence-electron chi connectivity index (χ2n) is 2.62. The van der Waals surface area contributed by atoms with E-state index < -0.39 is 0 Å². The third kappa shape index (κ3) is 0.814. The number of fused-ring (bicyclic) bond motifs is 1. The van der Waals surface area contributed by atoms with Crippen molar-refractivity contribution >= 4 is 27.9 Å². The van der Waals surface area contributed by atoms with Crippen LogP contribution in [-0.4, -0.2) is 11.4 Å². The Kier molecular flexibility index (Phi) is 1.51. The van der Waals surface area contributed by atoms with E-state index in [2.05, 4.69) is 5.16 Å². The number of nitrogens with zero attached hydrogens (tertiary/aromatic N) is 1. The Morgan fingerprint density at radius 3 is 2.92 bits per heavy atom. The van der Waals surface area contributed by atoms with Gasteiger partial charge in [0.15, 0.2) is 11.9 Å². The summed E-state index contributed by atoms with van der Waals surface area (Å²) in [6, 6.07) is 0. The number of carbonyl (C=O) groups excluding carboxylic acids is 1. The third-order valence-electron chi connectivity index (χ3n) is 1.81. The van der Waals surface area contributed by atoms with Crippen molar-refractivity contribution in [2.45, 2.75) is 13.8 Å². The van der Waals surface area contributed by atoms with Gasteiger partial charge in [-0.05, 0) is 13.8 Å². The van der Waals surface area contributed by atoms with Gasteiger partial charge in [0.1, 0.15) is 0 Å². The van der Waals surface area contributed by atoms with Gasteiger partial charge >= 0.3 is 0 Å². The number of aldehydes is 1. The van der Waals surface area contributed by atoms with Crippen LogP contribution < -0.4 is 0 Å². The van der Waals surface area contributed by atoms with Crippen molar-refractivity contribution < 1.29 is 9.32 Å². The predicted molar refractivity (Wildman–Crippen MR) is 46.7 cm³/mol. The van der Waals surface area contributed by atoms with Crippen molar-refractivity contribution in [1.29, 1.82) is 0 Å². The zero-order valence-corrected chi connectivity index (χ0v) is 7.57. The van der Waals surface area contributed by atoms with Crippen LogP contribution in [0.3, 0.4) is 0 Å². The molecule has 0 aliphatic rings. The molecule has 12 heavy (non-hydrogen) atoms. The molecule has 0 bridgehead atoms. The number of aryl methyl sites for hydroxylation is 2. The second kappa shape index (κ2) is 2.42. The molecule has 0 saturated carbocycles. The molecule has 3 nitrogen and oxygen atoms in total. The minimum atomic E-state index is 0.630. The zero-order valence-electron chi connectivity index (χ0n) is 6.75. The molecular weight excluding hydrogens is 174 g/mol. The van der Waals surface area contributed by atoms with Gasteiger partial charge in [0, 0.05) is 4.88 Å². The van der Waals surface area contributed by atoms with Crippen LogP contribution in [0.25, 0.3) is 10.3 Å².